The Morgan fingerprint density at radius 1 is 1.09 bits per heavy atom. The molecule has 1 saturated heterocycles. The van der Waals surface area contributed by atoms with Crippen molar-refractivity contribution in [3.63, 3.8) is 0 Å². The van der Waals surface area contributed by atoms with Crippen LogP contribution in [0.5, 0.6) is 5.75 Å². The third-order valence-corrected chi connectivity index (χ3v) is 7.79. The third kappa shape index (κ3) is 5.40. The monoisotopic (exact) mass is 495 g/mol. The number of halogens is 1. The van der Waals surface area contributed by atoms with E-state index < -0.39 is 28.5 Å². The van der Waals surface area contributed by atoms with Gasteiger partial charge in [0.2, 0.25) is 10.0 Å². The summed E-state index contributed by atoms with van der Waals surface area (Å²) in [7, 11) is -2.29. The summed E-state index contributed by atoms with van der Waals surface area (Å²) < 4.78 is 37.6. The molecule has 2 aromatic rings. The summed E-state index contributed by atoms with van der Waals surface area (Å²) in [5.74, 6) is -1.02. The summed E-state index contributed by atoms with van der Waals surface area (Å²) in [6.45, 7) is 3.85. The topological polar surface area (TPSA) is 119 Å². The number of amides is 1. The predicted octanol–water partition coefficient (Wildman–Crippen LogP) is 2.24. The molecular formula is C22H26ClN3O6S. The van der Waals surface area contributed by atoms with Crippen LogP contribution in [0.1, 0.15) is 21.5 Å². The highest BCUT2D eigenvalue weighted by atomic mass is 35.5. The fourth-order valence-electron chi connectivity index (χ4n) is 3.60. The van der Waals surface area contributed by atoms with Crippen molar-refractivity contribution in [2.24, 2.45) is 0 Å². The summed E-state index contributed by atoms with van der Waals surface area (Å²) in [5, 5.41) is 0.162. The molecule has 0 aromatic heterocycles. The normalized spacial score (nSPS) is 14.7. The van der Waals surface area contributed by atoms with Gasteiger partial charge < -0.3 is 20.1 Å². The van der Waals surface area contributed by atoms with Gasteiger partial charge in [0.15, 0.2) is 6.61 Å². The maximum absolute atomic E-state index is 13.0. The predicted molar refractivity (Wildman–Crippen MR) is 124 cm³/mol. The van der Waals surface area contributed by atoms with Crippen molar-refractivity contribution in [2.75, 3.05) is 45.6 Å². The van der Waals surface area contributed by atoms with Crippen LogP contribution in [0.2, 0.25) is 5.02 Å². The lowest BCUT2D eigenvalue weighted by Gasteiger charge is -2.34. The van der Waals surface area contributed by atoms with Crippen LogP contribution in [-0.4, -0.2) is 69.4 Å². The number of esters is 1. The standard InChI is InChI=1S/C22H26ClN3O6S/c1-14-4-5-20(15(2)10-14)33(29,30)26-8-6-25(7-9-26)21(27)13-32-22(28)16-11-17(23)18(24)12-19(16)31-3/h4-5,10-12H,6-9,13,24H2,1-3H3. The number of nitrogens with two attached hydrogens (primary N) is 1. The number of methoxy groups -OCH3 is 1. The Morgan fingerprint density at radius 3 is 2.36 bits per heavy atom. The lowest BCUT2D eigenvalue weighted by atomic mass is 10.2. The van der Waals surface area contributed by atoms with Crippen molar-refractivity contribution in [3.8, 4) is 5.75 Å². The highest BCUT2D eigenvalue weighted by Crippen LogP contribution is 2.29. The molecule has 11 heteroatoms. The Morgan fingerprint density at radius 2 is 1.76 bits per heavy atom. The zero-order chi connectivity index (χ0) is 24.3. The fraction of sp³-hybridized carbons (Fsp3) is 0.364. The number of benzene rings is 2. The number of piperazine rings is 1. The third-order valence-electron chi connectivity index (χ3n) is 5.41. The van der Waals surface area contributed by atoms with Crippen LogP contribution >= 0.6 is 11.6 Å². The largest absolute Gasteiger partial charge is 0.496 e. The van der Waals surface area contributed by atoms with E-state index in [2.05, 4.69) is 0 Å². The van der Waals surface area contributed by atoms with E-state index in [0.717, 1.165) is 5.56 Å². The summed E-state index contributed by atoms with van der Waals surface area (Å²) in [6, 6.07) is 7.91. The molecule has 0 bridgehead atoms. The number of carbonyl (C=O) groups is 2. The molecule has 1 fully saturated rings. The second kappa shape index (κ2) is 9.98. The number of nitrogen functional groups attached to an aromatic ring is 1. The minimum absolute atomic E-state index is 0.0499. The number of anilines is 1. The van der Waals surface area contributed by atoms with E-state index in [1.165, 1.54) is 28.4 Å². The van der Waals surface area contributed by atoms with Gasteiger partial charge in [-0.1, -0.05) is 29.3 Å². The van der Waals surface area contributed by atoms with E-state index >= 15 is 0 Å². The van der Waals surface area contributed by atoms with Gasteiger partial charge >= 0.3 is 5.97 Å². The molecule has 0 unspecified atom stereocenters. The first kappa shape index (κ1) is 24.8. The smallest absolute Gasteiger partial charge is 0.342 e. The second-order valence-corrected chi connectivity index (χ2v) is 10.0. The molecule has 1 heterocycles. The van der Waals surface area contributed by atoms with Crippen LogP contribution in [0.3, 0.4) is 0 Å². The van der Waals surface area contributed by atoms with E-state index in [-0.39, 0.29) is 53.1 Å². The number of aryl methyl sites for hydroxylation is 2. The van der Waals surface area contributed by atoms with Gasteiger partial charge in [0.25, 0.3) is 5.91 Å². The van der Waals surface area contributed by atoms with Gasteiger partial charge in [-0.3, -0.25) is 4.79 Å². The molecule has 1 aliphatic heterocycles. The van der Waals surface area contributed by atoms with E-state index in [1.54, 1.807) is 19.1 Å². The minimum Gasteiger partial charge on any atom is -0.496 e. The summed E-state index contributed by atoms with van der Waals surface area (Å²) in [4.78, 5) is 26.7. The van der Waals surface area contributed by atoms with Gasteiger partial charge in [-0.25, -0.2) is 13.2 Å². The first-order chi connectivity index (χ1) is 15.5. The number of rotatable bonds is 6. The van der Waals surface area contributed by atoms with Gasteiger partial charge in [-0.15, -0.1) is 0 Å². The fourth-order valence-corrected chi connectivity index (χ4v) is 5.39. The summed E-state index contributed by atoms with van der Waals surface area (Å²) in [5.41, 5.74) is 7.66. The number of hydrogen-bond donors (Lipinski definition) is 1. The van der Waals surface area contributed by atoms with E-state index in [0.29, 0.717) is 5.56 Å². The Hall–Kier alpha value is -2.82. The number of hydrogen-bond acceptors (Lipinski definition) is 7. The van der Waals surface area contributed by atoms with Crippen LogP contribution < -0.4 is 10.5 Å². The van der Waals surface area contributed by atoms with Crippen molar-refractivity contribution in [1.29, 1.82) is 0 Å². The molecule has 2 aromatic carbocycles. The van der Waals surface area contributed by atoms with Crippen LogP contribution in [0.15, 0.2) is 35.2 Å². The quantitative estimate of drug-likeness (QED) is 0.482. The molecule has 3 rings (SSSR count). The maximum atomic E-state index is 13.0. The van der Waals surface area contributed by atoms with Crippen LogP contribution in [0.4, 0.5) is 5.69 Å². The number of nitrogens with zero attached hydrogens (tertiary/aromatic N) is 2. The second-order valence-electron chi connectivity index (χ2n) is 7.70. The van der Waals surface area contributed by atoms with Gasteiger partial charge in [-0.05, 0) is 31.5 Å². The Balaban J connectivity index is 1.59. The Bertz CT molecular complexity index is 1180. The molecule has 0 saturated carbocycles. The average Bonchev–Trinajstić information content (AvgIpc) is 2.78. The molecule has 0 atom stereocenters. The lowest BCUT2D eigenvalue weighted by molar-refractivity contribution is -0.135. The molecule has 2 N–H and O–H groups in total. The number of carbonyl (C=O) groups excluding carboxylic acids is 2. The molecule has 33 heavy (non-hydrogen) atoms. The van der Waals surface area contributed by atoms with E-state index in [4.69, 9.17) is 26.8 Å². The molecule has 9 nitrogen and oxygen atoms in total. The van der Waals surface area contributed by atoms with Crippen molar-refractivity contribution < 1.29 is 27.5 Å². The first-order valence-electron chi connectivity index (χ1n) is 10.2. The highest BCUT2D eigenvalue weighted by Gasteiger charge is 2.31. The van der Waals surface area contributed by atoms with Crippen molar-refractivity contribution >= 4 is 39.2 Å². The van der Waals surface area contributed by atoms with Gasteiger partial charge in [0.05, 0.1) is 22.7 Å². The Kier molecular flexibility index (Phi) is 7.51. The SMILES string of the molecule is COc1cc(N)c(Cl)cc1C(=O)OCC(=O)N1CCN(S(=O)(=O)c2ccc(C)cc2C)CC1. The average molecular weight is 496 g/mol. The molecule has 0 aliphatic carbocycles. The molecule has 178 valence electrons. The highest BCUT2D eigenvalue weighted by molar-refractivity contribution is 7.89. The summed E-state index contributed by atoms with van der Waals surface area (Å²) in [6.07, 6.45) is 0. The van der Waals surface area contributed by atoms with Gasteiger partial charge in [0, 0.05) is 32.2 Å². The first-order valence-corrected chi connectivity index (χ1v) is 12.0. The molecule has 0 radical (unpaired) electrons. The van der Waals surface area contributed by atoms with E-state index in [9.17, 15) is 18.0 Å². The molecule has 0 spiro atoms. The molecular weight excluding hydrogens is 470 g/mol. The lowest BCUT2D eigenvalue weighted by Crippen LogP contribution is -2.51. The van der Waals surface area contributed by atoms with Gasteiger partial charge in [-0.2, -0.15) is 4.31 Å². The van der Waals surface area contributed by atoms with Crippen molar-refractivity contribution in [3.05, 3.63) is 52.0 Å². The van der Waals surface area contributed by atoms with Crippen LogP contribution in [-0.2, 0) is 19.6 Å². The number of ether oxygens (including phenoxy) is 2. The zero-order valence-electron chi connectivity index (χ0n) is 18.6. The van der Waals surface area contributed by atoms with Crippen LogP contribution in [0.25, 0.3) is 0 Å². The molecule has 1 aliphatic rings. The summed E-state index contributed by atoms with van der Waals surface area (Å²) >= 11 is 5.97. The van der Waals surface area contributed by atoms with Crippen molar-refractivity contribution in [2.45, 2.75) is 18.7 Å². The maximum Gasteiger partial charge on any atom is 0.342 e. The van der Waals surface area contributed by atoms with E-state index in [1.807, 2.05) is 13.0 Å². The number of sulfonamides is 1. The van der Waals surface area contributed by atoms with Crippen molar-refractivity contribution in [1.82, 2.24) is 9.21 Å². The zero-order valence-corrected chi connectivity index (χ0v) is 20.2. The molecule has 1 amide bonds. The van der Waals surface area contributed by atoms with Gasteiger partial charge in [0.1, 0.15) is 11.3 Å². The Labute approximate surface area is 198 Å². The van der Waals surface area contributed by atoms with Crippen LogP contribution in [0, 0.1) is 13.8 Å². The minimum atomic E-state index is -3.66.